The van der Waals surface area contributed by atoms with E-state index in [2.05, 4.69) is 10.3 Å². The van der Waals surface area contributed by atoms with E-state index < -0.39 is 6.10 Å². The number of aromatic nitrogens is 1. The third kappa shape index (κ3) is 3.75. The minimum absolute atomic E-state index is 0.0916. The fourth-order valence-electron chi connectivity index (χ4n) is 2.47. The van der Waals surface area contributed by atoms with Gasteiger partial charge in [0.15, 0.2) is 0 Å². The lowest BCUT2D eigenvalue weighted by atomic mass is 9.90. The lowest BCUT2D eigenvalue weighted by Crippen LogP contribution is -2.51. The van der Waals surface area contributed by atoms with Gasteiger partial charge in [0, 0.05) is 12.5 Å². The van der Waals surface area contributed by atoms with Crippen LogP contribution in [0.1, 0.15) is 30.0 Å². The Kier molecular flexibility index (Phi) is 4.90. The number of aliphatic hydroxyl groups is 1. The number of methoxy groups -OCH3 is 1. The molecule has 1 aromatic heterocycles. The molecule has 0 bridgehead atoms. The Balaban J connectivity index is 1.87. The molecule has 106 valence electrons. The summed E-state index contributed by atoms with van der Waals surface area (Å²) in [5.74, 6) is -0.0916. The van der Waals surface area contributed by atoms with Gasteiger partial charge in [0.1, 0.15) is 6.10 Å². The number of nitrogens with one attached hydrogen (secondary N) is 1. The molecule has 1 aliphatic carbocycles. The van der Waals surface area contributed by atoms with Crippen molar-refractivity contribution in [2.45, 2.75) is 50.9 Å². The summed E-state index contributed by atoms with van der Waals surface area (Å²) in [5.41, 5.74) is 0.786. The third-order valence-corrected chi connectivity index (χ3v) is 4.28. The van der Waals surface area contributed by atoms with Crippen molar-refractivity contribution in [3.63, 3.8) is 0 Å². The number of thiazole rings is 1. The zero-order chi connectivity index (χ0) is 13.8. The molecule has 1 fully saturated rings. The van der Waals surface area contributed by atoms with Gasteiger partial charge in [-0.1, -0.05) is 0 Å². The van der Waals surface area contributed by atoms with Crippen LogP contribution in [0.15, 0.2) is 5.38 Å². The van der Waals surface area contributed by atoms with E-state index in [9.17, 15) is 9.90 Å². The van der Waals surface area contributed by atoms with Gasteiger partial charge in [-0.25, -0.2) is 4.98 Å². The average molecular weight is 284 g/mol. The smallest absolute Gasteiger partial charge is 0.226 e. The van der Waals surface area contributed by atoms with Crippen molar-refractivity contribution in [1.29, 1.82) is 0 Å². The molecule has 3 atom stereocenters. The number of carbonyl (C=O) groups excluding carboxylic acids is 1. The first-order chi connectivity index (χ1) is 9.10. The third-order valence-electron chi connectivity index (χ3n) is 3.45. The van der Waals surface area contributed by atoms with Crippen LogP contribution in [0.3, 0.4) is 0 Å². The molecule has 6 heteroatoms. The Morgan fingerprint density at radius 3 is 3.05 bits per heavy atom. The molecule has 1 heterocycles. The molecule has 1 saturated carbocycles. The normalized spacial score (nSPS) is 27.2. The van der Waals surface area contributed by atoms with E-state index in [1.807, 2.05) is 12.3 Å². The minimum Gasteiger partial charge on any atom is -0.388 e. The summed E-state index contributed by atoms with van der Waals surface area (Å²) < 4.78 is 5.22. The standard InChI is InChI=1S/C13H20N2O3S/c1-8-14-9(7-19-8)6-12(16)15-10-4-3-5-11(18-2)13(10)17/h7,10-11,13,17H,3-6H2,1-2H3,(H,15,16)/t10-,11-,13-/m1/s1. The zero-order valence-electron chi connectivity index (χ0n) is 11.3. The number of hydrogen-bond acceptors (Lipinski definition) is 5. The first-order valence-electron chi connectivity index (χ1n) is 6.51. The lowest BCUT2D eigenvalue weighted by molar-refractivity contribution is -0.124. The van der Waals surface area contributed by atoms with Gasteiger partial charge in [-0.15, -0.1) is 11.3 Å². The van der Waals surface area contributed by atoms with Crippen molar-refractivity contribution >= 4 is 17.2 Å². The minimum atomic E-state index is -0.625. The highest BCUT2D eigenvalue weighted by molar-refractivity contribution is 7.09. The summed E-state index contributed by atoms with van der Waals surface area (Å²) in [6.45, 7) is 1.92. The summed E-state index contributed by atoms with van der Waals surface area (Å²) in [7, 11) is 1.59. The molecule has 1 aromatic rings. The molecule has 2 rings (SSSR count). The van der Waals surface area contributed by atoms with Crippen molar-refractivity contribution in [3.05, 3.63) is 16.1 Å². The van der Waals surface area contributed by atoms with Gasteiger partial charge < -0.3 is 15.2 Å². The lowest BCUT2D eigenvalue weighted by Gasteiger charge is -2.34. The van der Waals surface area contributed by atoms with Crippen LogP contribution in [0.5, 0.6) is 0 Å². The molecule has 0 saturated heterocycles. The molecule has 1 amide bonds. The van der Waals surface area contributed by atoms with Crippen LogP contribution in [0.4, 0.5) is 0 Å². The summed E-state index contributed by atoms with van der Waals surface area (Å²) in [6.07, 6.45) is 2.06. The van der Waals surface area contributed by atoms with Gasteiger partial charge in [0.05, 0.1) is 29.3 Å². The molecule has 2 N–H and O–H groups in total. The largest absolute Gasteiger partial charge is 0.388 e. The Morgan fingerprint density at radius 2 is 2.42 bits per heavy atom. The molecule has 0 unspecified atom stereocenters. The first kappa shape index (κ1) is 14.4. The van der Waals surface area contributed by atoms with E-state index in [0.717, 1.165) is 30.0 Å². The van der Waals surface area contributed by atoms with Gasteiger partial charge in [0.25, 0.3) is 0 Å². The molecule has 0 radical (unpaired) electrons. The second-order valence-electron chi connectivity index (χ2n) is 4.90. The number of aliphatic hydroxyl groups excluding tert-OH is 1. The maximum atomic E-state index is 11.9. The van der Waals surface area contributed by atoms with E-state index in [1.165, 1.54) is 11.3 Å². The number of carbonyl (C=O) groups is 1. The average Bonchev–Trinajstić information content (AvgIpc) is 2.77. The number of hydrogen-bond donors (Lipinski definition) is 2. The first-order valence-corrected chi connectivity index (χ1v) is 7.39. The highest BCUT2D eigenvalue weighted by Gasteiger charge is 2.32. The van der Waals surface area contributed by atoms with Crippen LogP contribution in [0.25, 0.3) is 0 Å². The van der Waals surface area contributed by atoms with Crippen molar-refractivity contribution in [1.82, 2.24) is 10.3 Å². The van der Waals surface area contributed by atoms with Crippen LogP contribution < -0.4 is 5.32 Å². The van der Waals surface area contributed by atoms with Gasteiger partial charge >= 0.3 is 0 Å². The van der Waals surface area contributed by atoms with Crippen LogP contribution in [-0.4, -0.2) is 41.4 Å². The molecule has 0 spiro atoms. The maximum Gasteiger partial charge on any atom is 0.226 e. The molecule has 19 heavy (non-hydrogen) atoms. The second-order valence-corrected chi connectivity index (χ2v) is 5.97. The van der Waals surface area contributed by atoms with E-state index in [-0.39, 0.29) is 24.5 Å². The predicted octanol–water partition coefficient (Wildman–Crippen LogP) is 1.04. The maximum absolute atomic E-state index is 11.9. The zero-order valence-corrected chi connectivity index (χ0v) is 12.1. The SMILES string of the molecule is CO[C@@H]1CCC[C@@H](NC(=O)Cc2csc(C)n2)[C@H]1O. The van der Waals surface area contributed by atoms with Crippen LogP contribution in [0.2, 0.25) is 0 Å². The number of rotatable bonds is 4. The highest BCUT2D eigenvalue weighted by atomic mass is 32.1. The van der Waals surface area contributed by atoms with E-state index >= 15 is 0 Å². The monoisotopic (exact) mass is 284 g/mol. The van der Waals surface area contributed by atoms with E-state index in [1.54, 1.807) is 7.11 Å². The highest BCUT2D eigenvalue weighted by Crippen LogP contribution is 2.21. The molecular formula is C13H20N2O3S. The Hall–Kier alpha value is -0.980. The van der Waals surface area contributed by atoms with Crippen LogP contribution in [-0.2, 0) is 16.0 Å². The van der Waals surface area contributed by atoms with Crippen LogP contribution >= 0.6 is 11.3 Å². The van der Waals surface area contributed by atoms with Crippen LogP contribution in [0, 0.1) is 6.92 Å². The number of aryl methyl sites for hydroxylation is 1. The molecule has 1 aliphatic rings. The fraction of sp³-hybridized carbons (Fsp3) is 0.692. The van der Waals surface area contributed by atoms with Crippen molar-refractivity contribution in [3.8, 4) is 0 Å². The topological polar surface area (TPSA) is 71.5 Å². The Morgan fingerprint density at radius 1 is 1.63 bits per heavy atom. The van der Waals surface area contributed by atoms with Crippen molar-refractivity contribution in [2.75, 3.05) is 7.11 Å². The van der Waals surface area contributed by atoms with Gasteiger partial charge in [0.2, 0.25) is 5.91 Å². The summed E-state index contributed by atoms with van der Waals surface area (Å²) in [4.78, 5) is 16.2. The van der Waals surface area contributed by atoms with E-state index in [4.69, 9.17) is 4.74 Å². The van der Waals surface area contributed by atoms with Crippen molar-refractivity contribution < 1.29 is 14.6 Å². The Labute approximate surface area is 117 Å². The summed E-state index contributed by atoms with van der Waals surface area (Å²) >= 11 is 1.54. The Bertz CT molecular complexity index is 435. The summed E-state index contributed by atoms with van der Waals surface area (Å²) in [5, 5.41) is 15.8. The molecule has 0 aliphatic heterocycles. The molecule has 0 aromatic carbocycles. The van der Waals surface area contributed by atoms with Gasteiger partial charge in [-0.05, 0) is 26.2 Å². The second kappa shape index (κ2) is 6.45. The van der Waals surface area contributed by atoms with Crippen molar-refractivity contribution in [2.24, 2.45) is 0 Å². The predicted molar refractivity (Wildman–Crippen MR) is 73.1 cm³/mol. The molecular weight excluding hydrogens is 264 g/mol. The number of amides is 1. The summed E-state index contributed by atoms with van der Waals surface area (Å²) in [6, 6.07) is -0.217. The quantitative estimate of drug-likeness (QED) is 0.866. The molecule has 5 nitrogen and oxygen atoms in total. The fourth-order valence-corrected chi connectivity index (χ4v) is 3.08. The number of ether oxygens (including phenoxy) is 1. The van der Waals surface area contributed by atoms with Gasteiger partial charge in [-0.3, -0.25) is 4.79 Å². The number of nitrogens with zero attached hydrogens (tertiary/aromatic N) is 1. The van der Waals surface area contributed by atoms with E-state index in [0.29, 0.717) is 0 Å². The van der Waals surface area contributed by atoms with Gasteiger partial charge in [-0.2, -0.15) is 0 Å².